The van der Waals surface area contributed by atoms with Crippen LogP contribution in [0.5, 0.6) is 0 Å². The summed E-state index contributed by atoms with van der Waals surface area (Å²) < 4.78 is 13.1. The number of nitrogens with one attached hydrogen (secondary N) is 1. The lowest BCUT2D eigenvalue weighted by Crippen LogP contribution is -2.35. The van der Waals surface area contributed by atoms with Gasteiger partial charge in [0.1, 0.15) is 5.82 Å². The molecule has 0 radical (unpaired) electrons. The summed E-state index contributed by atoms with van der Waals surface area (Å²) in [6, 6.07) is 11.9. The molecule has 2 aromatic carbocycles. The SMILES string of the molecule is Cc1cccc(NC(=O)CN(C)C(=O)CCc2cccc(F)c2)c1C. The Labute approximate surface area is 147 Å². The first-order valence-corrected chi connectivity index (χ1v) is 8.21. The second-order valence-corrected chi connectivity index (χ2v) is 6.18. The average Bonchev–Trinajstić information content (AvgIpc) is 2.56. The smallest absolute Gasteiger partial charge is 0.243 e. The van der Waals surface area contributed by atoms with E-state index in [1.807, 2.05) is 32.0 Å². The number of halogens is 1. The zero-order valence-electron chi connectivity index (χ0n) is 14.8. The quantitative estimate of drug-likeness (QED) is 0.874. The lowest BCUT2D eigenvalue weighted by Gasteiger charge is -2.18. The number of aryl methyl sites for hydroxylation is 2. The predicted octanol–water partition coefficient (Wildman–Crippen LogP) is 3.47. The molecule has 0 bridgehead atoms. The summed E-state index contributed by atoms with van der Waals surface area (Å²) in [5, 5.41) is 2.84. The van der Waals surface area contributed by atoms with Gasteiger partial charge in [0.15, 0.2) is 0 Å². The van der Waals surface area contributed by atoms with E-state index in [2.05, 4.69) is 5.32 Å². The minimum absolute atomic E-state index is 0.0185. The fraction of sp³-hybridized carbons (Fsp3) is 0.300. The van der Waals surface area contributed by atoms with Crippen LogP contribution in [-0.2, 0) is 16.0 Å². The van der Waals surface area contributed by atoms with E-state index >= 15 is 0 Å². The molecule has 25 heavy (non-hydrogen) atoms. The summed E-state index contributed by atoms with van der Waals surface area (Å²) >= 11 is 0. The van der Waals surface area contributed by atoms with Crippen molar-refractivity contribution >= 4 is 17.5 Å². The molecule has 0 aliphatic carbocycles. The highest BCUT2D eigenvalue weighted by Gasteiger charge is 2.14. The summed E-state index contributed by atoms with van der Waals surface area (Å²) in [6.07, 6.45) is 0.677. The second kappa shape index (κ2) is 8.42. The van der Waals surface area contributed by atoms with Crippen LogP contribution in [0, 0.1) is 19.7 Å². The maximum atomic E-state index is 13.1. The van der Waals surface area contributed by atoms with Crippen molar-refractivity contribution in [1.82, 2.24) is 4.90 Å². The molecule has 2 rings (SSSR count). The number of anilines is 1. The lowest BCUT2D eigenvalue weighted by molar-refractivity contribution is -0.133. The first-order chi connectivity index (χ1) is 11.9. The topological polar surface area (TPSA) is 49.4 Å². The summed E-state index contributed by atoms with van der Waals surface area (Å²) in [7, 11) is 1.59. The molecule has 2 aromatic rings. The third-order valence-electron chi connectivity index (χ3n) is 4.20. The van der Waals surface area contributed by atoms with Crippen molar-refractivity contribution in [2.45, 2.75) is 26.7 Å². The van der Waals surface area contributed by atoms with Gasteiger partial charge in [0.2, 0.25) is 11.8 Å². The van der Waals surface area contributed by atoms with Gasteiger partial charge in [0.05, 0.1) is 6.54 Å². The van der Waals surface area contributed by atoms with Crippen LogP contribution in [0.4, 0.5) is 10.1 Å². The maximum Gasteiger partial charge on any atom is 0.243 e. The molecule has 0 atom stereocenters. The van der Waals surface area contributed by atoms with Gasteiger partial charge in [-0.1, -0.05) is 24.3 Å². The predicted molar refractivity (Wildman–Crippen MR) is 96.9 cm³/mol. The Bertz CT molecular complexity index is 774. The highest BCUT2D eigenvalue weighted by atomic mass is 19.1. The van der Waals surface area contributed by atoms with Crippen molar-refractivity contribution in [3.05, 3.63) is 65.0 Å². The van der Waals surface area contributed by atoms with Gasteiger partial charge in [-0.2, -0.15) is 0 Å². The zero-order chi connectivity index (χ0) is 18.4. The Kier molecular flexibility index (Phi) is 6.28. The molecule has 0 heterocycles. The second-order valence-electron chi connectivity index (χ2n) is 6.18. The minimum atomic E-state index is -0.314. The van der Waals surface area contributed by atoms with Crippen LogP contribution in [0.15, 0.2) is 42.5 Å². The van der Waals surface area contributed by atoms with Gasteiger partial charge in [-0.15, -0.1) is 0 Å². The van der Waals surface area contributed by atoms with Crippen LogP contribution in [-0.4, -0.2) is 30.3 Å². The number of hydrogen-bond acceptors (Lipinski definition) is 2. The number of nitrogens with zero attached hydrogens (tertiary/aromatic N) is 1. The number of likely N-dealkylation sites (N-methyl/N-ethyl adjacent to an activating group) is 1. The Balaban J connectivity index is 1.85. The number of benzene rings is 2. The van der Waals surface area contributed by atoms with Gasteiger partial charge in [0, 0.05) is 19.2 Å². The molecular formula is C20H23FN2O2. The number of amides is 2. The first kappa shape index (κ1) is 18.6. The van der Waals surface area contributed by atoms with Crippen LogP contribution in [0.2, 0.25) is 0 Å². The molecule has 0 unspecified atom stereocenters. The van der Waals surface area contributed by atoms with Crippen molar-refractivity contribution in [2.75, 3.05) is 18.9 Å². The molecule has 0 spiro atoms. The van der Waals surface area contributed by atoms with E-state index in [4.69, 9.17) is 0 Å². The van der Waals surface area contributed by atoms with E-state index in [0.717, 1.165) is 22.4 Å². The molecule has 2 amide bonds. The Morgan fingerprint density at radius 1 is 1.12 bits per heavy atom. The van der Waals surface area contributed by atoms with E-state index < -0.39 is 0 Å². The third-order valence-corrected chi connectivity index (χ3v) is 4.20. The number of hydrogen-bond donors (Lipinski definition) is 1. The molecule has 0 aliphatic heterocycles. The van der Waals surface area contributed by atoms with Crippen LogP contribution < -0.4 is 5.32 Å². The zero-order valence-corrected chi connectivity index (χ0v) is 14.8. The third kappa shape index (κ3) is 5.41. The number of rotatable bonds is 6. The first-order valence-electron chi connectivity index (χ1n) is 8.21. The Morgan fingerprint density at radius 2 is 1.84 bits per heavy atom. The average molecular weight is 342 g/mol. The van der Waals surface area contributed by atoms with Crippen LogP contribution in [0.3, 0.4) is 0 Å². The Morgan fingerprint density at radius 3 is 2.56 bits per heavy atom. The molecule has 5 heteroatoms. The molecule has 0 saturated heterocycles. The van der Waals surface area contributed by atoms with E-state index in [0.29, 0.717) is 6.42 Å². The fourth-order valence-corrected chi connectivity index (χ4v) is 2.51. The van der Waals surface area contributed by atoms with Crippen molar-refractivity contribution in [3.63, 3.8) is 0 Å². The number of carbonyl (C=O) groups is 2. The van der Waals surface area contributed by atoms with Gasteiger partial charge in [-0.05, 0) is 55.2 Å². The van der Waals surface area contributed by atoms with Crippen LogP contribution in [0.1, 0.15) is 23.1 Å². The molecule has 4 nitrogen and oxygen atoms in total. The van der Waals surface area contributed by atoms with E-state index in [9.17, 15) is 14.0 Å². The highest BCUT2D eigenvalue weighted by molar-refractivity contribution is 5.95. The van der Waals surface area contributed by atoms with E-state index in [1.165, 1.54) is 17.0 Å². The molecular weight excluding hydrogens is 319 g/mol. The van der Waals surface area contributed by atoms with Crippen molar-refractivity contribution in [3.8, 4) is 0 Å². The monoisotopic (exact) mass is 342 g/mol. The molecule has 1 N–H and O–H groups in total. The van der Waals surface area contributed by atoms with Crippen LogP contribution in [0.25, 0.3) is 0 Å². The maximum absolute atomic E-state index is 13.1. The summed E-state index contributed by atoms with van der Waals surface area (Å²) in [4.78, 5) is 25.7. The normalized spacial score (nSPS) is 10.4. The molecule has 0 aromatic heterocycles. The molecule has 0 aliphatic rings. The van der Waals surface area contributed by atoms with Gasteiger partial charge in [-0.25, -0.2) is 4.39 Å². The molecule has 0 saturated carbocycles. The summed E-state index contributed by atoms with van der Waals surface area (Å²) in [5.41, 5.74) is 3.63. The van der Waals surface area contributed by atoms with Gasteiger partial charge < -0.3 is 10.2 Å². The van der Waals surface area contributed by atoms with Crippen LogP contribution >= 0.6 is 0 Å². The van der Waals surface area contributed by atoms with E-state index in [1.54, 1.807) is 19.2 Å². The van der Waals surface area contributed by atoms with Crippen molar-refractivity contribution in [2.24, 2.45) is 0 Å². The van der Waals surface area contributed by atoms with Crippen molar-refractivity contribution < 1.29 is 14.0 Å². The van der Waals surface area contributed by atoms with Gasteiger partial charge in [-0.3, -0.25) is 9.59 Å². The summed E-state index contributed by atoms with van der Waals surface area (Å²) in [5.74, 6) is -0.707. The Hall–Kier alpha value is -2.69. The molecule has 132 valence electrons. The lowest BCUT2D eigenvalue weighted by atomic mass is 10.1. The van der Waals surface area contributed by atoms with Gasteiger partial charge >= 0.3 is 0 Å². The fourth-order valence-electron chi connectivity index (χ4n) is 2.51. The molecule has 0 fully saturated rings. The van der Waals surface area contributed by atoms with Crippen molar-refractivity contribution in [1.29, 1.82) is 0 Å². The minimum Gasteiger partial charge on any atom is -0.336 e. The summed E-state index contributed by atoms with van der Waals surface area (Å²) in [6.45, 7) is 3.90. The largest absolute Gasteiger partial charge is 0.336 e. The van der Waals surface area contributed by atoms with Gasteiger partial charge in [0.25, 0.3) is 0 Å². The number of carbonyl (C=O) groups excluding carboxylic acids is 2. The van der Waals surface area contributed by atoms with E-state index in [-0.39, 0.29) is 30.6 Å². The standard InChI is InChI=1S/C20H23FN2O2/c1-14-6-4-9-18(15(14)2)22-19(24)13-23(3)20(25)11-10-16-7-5-8-17(21)12-16/h4-9,12H,10-11,13H2,1-3H3,(H,22,24). The highest BCUT2D eigenvalue weighted by Crippen LogP contribution is 2.17.